The van der Waals surface area contributed by atoms with Gasteiger partial charge < -0.3 is 5.11 Å². The average molecular weight is 261 g/mol. The number of hydrogen-bond acceptors (Lipinski definition) is 2. The van der Waals surface area contributed by atoms with Gasteiger partial charge in [0, 0.05) is 18.7 Å². The first-order valence-corrected chi connectivity index (χ1v) is 7.43. The molecule has 1 aromatic rings. The van der Waals surface area contributed by atoms with E-state index >= 15 is 0 Å². The van der Waals surface area contributed by atoms with Gasteiger partial charge in [-0.05, 0) is 58.1 Å². The Morgan fingerprint density at radius 2 is 1.95 bits per heavy atom. The highest BCUT2D eigenvalue weighted by Gasteiger charge is 2.34. The number of likely N-dealkylation sites (tertiary alicyclic amines) is 1. The molecule has 0 aliphatic carbocycles. The Bertz CT molecular complexity index is 396. The first-order chi connectivity index (χ1) is 9.01. The lowest BCUT2D eigenvalue weighted by atomic mass is 9.81. The average Bonchev–Trinajstić information content (AvgIpc) is 2.35. The summed E-state index contributed by atoms with van der Waals surface area (Å²) in [5.41, 5.74) is 2.96. The van der Waals surface area contributed by atoms with Gasteiger partial charge in [-0.2, -0.15) is 0 Å². The zero-order valence-corrected chi connectivity index (χ0v) is 12.5. The van der Waals surface area contributed by atoms with Crippen LogP contribution in [0.25, 0.3) is 0 Å². The third-order valence-electron chi connectivity index (χ3n) is 4.48. The molecule has 0 amide bonds. The van der Waals surface area contributed by atoms with Gasteiger partial charge in [0.15, 0.2) is 0 Å². The van der Waals surface area contributed by atoms with E-state index in [2.05, 4.69) is 49.9 Å². The Kier molecular flexibility index (Phi) is 4.64. The van der Waals surface area contributed by atoms with Crippen LogP contribution in [0, 0.1) is 12.8 Å². The first kappa shape index (κ1) is 14.5. The largest absolute Gasteiger partial charge is 0.396 e. The second kappa shape index (κ2) is 6.06. The van der Waals surface area contributed by atoms with Crippen molar-refractivity contribution >= 4 is 0 Å². The second-order valence-corrected chi connectivity index (χ2v) is 6.59. The van der Waals surface area contributed by atoms with E-state index in [0.717, 1.165) is 19.5 Å². The predicted octanol–water partition coefficient (Wildman–Crippen LogP) is 3.37. The molecule has 1 aliphatic rings. The van der Waals surface area contributed by atoms with Gasteiger partial charge in [-0.3, -0.25) is 4.90 Å². The smallest absolute Gasteiger partial charge is 0.0433 e. The topological polar surface area (TPSA) is 23.5 Å². The van der Waals surface area contributed by atoms with Crippen molar-refractivity contribution in [2.45, 2.75) is 52.1 Å². The number of rotatable bonds is 4. The molecule has 1 heterocycles. The van der Waals surface area contributed by atoms with Gasteiger partial charge in [0.1, 0.15) is 0 Å². The fraction of sp³-hybridized carbons (Fsp3) is 0.647. The van der Waals surface area contributed by atoms with Crippen LogP contribution in [-0.4, -0.2) is 28.7 Å². The van der Waals surface area contributed by atoms with Gasteiger partial charge in [0.2, 0.25) is 0 Å². The molecule has 1 aliphatic heterocycles. The summed E-state index contributed by atoms with van der Waals surface area (Å²) in [5.74, 6) is 0.689. The van der Waals surface area contributed by atoms with Crippen molar-refractivity contribution in [1.82, 2.24) is 4.90 Å². The fourth-order valence-electron chi connectivity index (χ4n) is 3.21. The Morgan fingerprint density at radius 3 is 2.53 bits per heavy atom. The number of benzene rings is 1. The maximum atomic E-state index is 9.10. The third kappa shape index (κ3) is 3.80. The number of aliphatic hydroxyl groups is 1. The van der Waals surface area contributed by atoms with E-state index in [0.29, 0.717) is 12.5 Å². The highest BCUT2D eigenvalue weighted by atomic mass is 16.3. The van der Waals surface area contributed by atoms with E-state index in [1.54, 1.807) is 0 Å². The van der Waals surface area contributed by atoms with E-state index in [9.17, 15) is 0 Å². The standard InChI is InChI=1S/C17H27NO/c1-14-4-6-16(7-5-14)13-18-10-8-15(9-11-19)12-17(18,2)3/h4-7,15,19H,8-13H2,1-3H3. The van der Waals surface area contributed by atoms with Crippen LogP contribution in [0.1, 0.15) is 44.2 Å². The van der Waals surface area contributed by atoms with Crippen LogP contribution in [-0.2, 0) is 6.54 Å². The van der Waals surface area contributed by atoms with Crippen LogP contribution < -0.4 is 0 Å². The lowest BCUT2D eigenvalue weighted by Gasteiger charge is -2.46. The molecule has 0 spiro atoms. The predicted molar refractivity (Wildman–Crippen MR) is 80.1 cm³/mol. The Balaban J connectivity index is 1.99. The molecule has 0 bridgehead atoms. The Hall–Kier alpha value is -0.860. The lowest BCUT2D eigenvalue weighted by Crippen LogP contribution is -2.49. The maximum absolute atomic E-state index is 9.10. The molecule has 1 N–H and O–H groups in total. The van der Waals surface area contributed by atoms with Crippen LogP contribution in [0.5, 0.6) is 0 Å². The minimum atomic E-state index is 0.239. The molecule has 2 nitrogen and oxygen atoms in total. The molecule has 1 saturated heterocycles. The zero-order chi connectivity index (χ0) is 13.9. The van der Waals surface area contributed by atoms with Crippen LogP contribution >= 0.6 is 0 Å². The second-order valence-electron chi connectivity index (χ2n) is 6.59. The maximum Gasteiger partial charge on any atom is 0.0433 e. The molecule has 2 heteroatoms. The molecule has 106 valence electrons. The summed E-state index contributed by atoms with van der Waals surface area (Å²) >= 11 is 0. The van der Waals surface area contributed by atoms with E-state index < -0.39 is 0 Å². The molecule has 1 atom stereocenters. The highest BCUT2D eigenvalue weighted by molar-refractivity contribution is 5.21. The van der Waals surface area contributed by atoms with Gasteiger partial charge in [0.25, 0.3) is 0 Å². The summed E-state index contributed by atoms with van der Waals surface area (Å²) in [5, 5.41) is 9.10. The molecule has 2 rings (SSSR count). The van der Waals surface area contributed by atoms with E-state index in [1.807, 2.05) is 0 Å². The normalized spacial score (nSPS) is 23.5. The molecule has 1 fully saturated rings. The molecule has 1 unspecified atom stereocenters. The summed E-state index contributed by atoms with van der Waals surface area (Å²) in [7, 11) is 0. The first-order valence-electron chi connectivity index (χ1n) is 7.43. The Labute approximate surface area is 117 Å². The van der Waals surface area contributed by atoms with Crippen molar-refractivity contribution in [2.24, 2.45) is 5.92 Å². The fourth-order valence-corrected chi connectivity index (χ4v) is 3.21. The molecular weight excluding hydrogens is 234 g/mol. The van der Waals surface area contributed by atoms with E-state index in [4.69, 9.17) is 5.11 Å². The van der Waals surface area contributed by atoms with Crippen molar-refractivity contribution in [3.05, 3.63) is 35.4 Å². The van der Waals surface area contributed by atoms with Crippen LogP contribution in [0.2, 0.25) is 0 Å². The molecule has 0 aromatic heterocycles. The van der Waals surface area contributed by atoms with Crippen molar-refractivity contribution in [1.29, 1.82) is 0 Å². The quantitative estimate of drug-likeness (QED) is 0.898. The van der Waals surface area contributed by atoms with Crippen molar-refractivity contribution < 1.29 is 5.11 Å². The van der Waals surface area contributed by atoms with Crippen molar-refractivity contribution in [2.75, 3.05) is 13.2 Å². The minimum absolute atomic E-state index is 0.239. The SMILES string of the molecule is Cc1ccc(CN2CCC(CCO)CC2(C)C)cc1. The monoisotopic (exact) mass is 261 g/mol. The zero-order valence-electron chi connectivity index (χ0n) is 12.5. The number of aryl methyl sites for hydroxylation is 1. The van der Waals surface area contributed by atoms with E-state index in [-0.39, 0.29) is 5.54 Å². The summed E-state index contributed by atoms with van der Waals surface area (Å²) in [4.78, 5) is 2.59. The third-order valence-corrected chi connectivity index (χ3v) is 4.48. The van der Waals surface area contributed by atoms with Gasteiger partial charge in [-0.1, -0.05) is 29.8 Å². The van der Waals surface area contributed by atoms with Gasteiger partial charge >= 0.3 is 0 Å². The molecular formula is C17H27NO. The number of piperidine rings is 1. The van der Waals surface area contributed by atoms with Crippen LogP contribution in [0.3, 0.4) is 0 Å². The summed E-state index contributed by atoms with van der Waals surface area (Å²) in [6.07, 6.45) is 3.37. The number of nitrogens with zero attached hydrogens (tertiary/aromatic N) is 1. The minimum Gasteiger partial charge on any atom is -0.396 e. The van der Waals surface area contributed by atoms with Gasteiger partial charge in [-0.15, -0.1) is 0 Å². The summed E-state index contributed by atoms with van der Waals surface area (Å²) in [6, 6.07) is 8.87. The van der Waals surface area contributed by atoms with Crippen molar-refractivity contribution in [3.63, 3.8) is 0 Å². The van der Waals surface area contributed by atoms with E-state index in [1.165, 1.54) is 24.0 Å². The Morgan fingerprint density at radius 1 is 1.26 bits per heavy atom. The molecule has 19 heavy (non-hydrogen) atoms. The van der Waals surface area contributed by atoms with Crippen LogP contribution in [0.4, 0.5) is 0 Å². The number of aliphatic hydroxyl groups excluding tert-OH is 1. The summed E-state index contributed by atoms with van der Waals surface area (Å²) < 4.78 is 0. The molecule has 0 saturated carbocycles. The highest BCUT2D eigenvalue weighted by Crippen LogP contribution is 2.34. The van der Waals surface area contributed by atoms with Gasteiger partial charge in [-0.25, -0.2) is 0 Å². The van der Waals surface area contributed by atoms with Crippen molar-refractivity contribution in [3.8, 4) is 0 Å². The lowest BCUT2D eigenvalue weighted by molar-refractivity contribution is 0.0325. The molecule has 0 radical (unpaired) electrons. The van der Waals surface area contributed by atoms with Crippen LogP contribution in [0.15, 0.2) is 24.3 Å². The molecule has 1 aromatic carbocycles. The van der Waals surface area contributed by atoms with Gasteiger partial charge in [0.05, 0.1) is 0 Å². The number of hydrogen-bond donors (Lipinski definition) is 1. The summed E-state index contributed by atoms with van der Waals surface area (Å²) in [6.45, 7) is 9.33.